The number of anilines is 1. The first-order valence-electron chi connectivity index (χ1n) is 6.20. The molecule has 1 unspecified atom stereocenters. The van der Waals surface area contributed by atoms with E-state index in [4.69, 9.17) is 10.5 Å². The molecule has 0 fully saturated rings. The lowest BCUT2D eigenvalue weighted by molar-refractivity contribution is -0.118. The molecule has 2 rings (SSSR count). The molecule has 2 aromatic carbocycles. The fourth-order valence-corrected chi connectivity index (χ4v) is 2.40. The van der Waals surface area contributed by atoms with Gasteiger partial charge in [0.25, 0.3) is 0 Å². The van der Waals surface area contributed by atoms with E-state index < -0.39 is 11.9 Å². The van der Waals surface area contributed by atoms with Crippen LogP contribution in [0.2, 0.25) is 0 Å². The Hall–Kier alpha value is -2.21. The predicted octanol–water partition coefficient (Wildman–Crippen LogP) is 2.80. The largest absolute Gasteiger partial charge is 0.503 e. The smallest absolute Gasteiger partial charge is 0.244 e. The number of benzene rings is 2. The zero-order valence-corrected chi connectivity index (χ0v) is 12.9. The minimum Gasteiger partial charge on any atom is -0.503 e. The number of para-hydroxylation sites is 1. The van der Waals surface area contributed by atoms with Crippen molar-refractivity contribution in [2.24, 2.45) is 5.73 Å². The first kappa shape index (κ1) is 15.2. The Labute approximate surface area is 130 Å². The second-order valence-corrected chi connectivity index (χ2v) is 5.25. The molecule has 110 valence electrons. The number of aromatic hydroxyl groups is 1. The molecule has 0 aromatic heterocycles. The Morgan fingerprint density at radius 1 is 1.33 bits per heavy atom. The van der Waals surface area contributed by atoms with Crippen LogP contribution in [0.5, 0.6) is 11.5 Å². The predicted molar refractivity (Wildman–Crippen MR) is 84.4 cm³/mol. The van der Waals surface area contributed by atoms with Crippen LogP contribution in [0.15, 0.2) is 46.9 Å². The number of nitrogens with two attached hydrogens (primary N) is 1. The highest BCUT2D eigenvalue weighted by Crippen LogP contribution is 2.37. The first-order chi connectivity index (χ1) is 10.0. The summed E-state index contributed by atoms with van der Waals surface area (Å²) >= 11 is 3.23. The highest BCUT2D eigenvalue weighted by molar-refractivity contribution is 9.10. The van der Waals surface area contributed by atoms with Crippen molar-refractivity contribution in [2.45, 2.75) is 6.04 Å². The number of carbonyl (C=O) groups excluding carboxylic acids is 1. The molecule has 5 nitrogen and oxygen atoms in total. The van der Waals surface area contributed by atoms with Crippen molar-refractivity contribution >= 4 is 27.5 Å². The van der Waals surface area contributed by atoms with E-state index in [9.17, 15) is 9.90 Å². The van der Waals surface area contributed by atoms with E-state index in [1.54, 1.807) is 12.1 Å². The molecule has 0 radical (unpaired) electrons. The topological polar surface area (TPSA) is 84.6 Å². The zero-order chi connectivity index (χ0) is 15.4. The van der Waals surface area contributed by atoms with Gasteiger partial charge in [-0.15, -0.1) is 0 Å². The SMILES string of the molecule is COc1cc(C(Nc2ccccc2)C(N)=O)cc(Br)c1O. The molecular weight excluding hydrogens is 336 g/mol. The molecule has 0 saturated carbocycles. The molecule has 6 heteroatoms. The van der Waals surface area contributed by atoms with Crippen molar-refractivity contribution in [3.8, 4) is 11.5 Å². The number of primary amides is 1. The Balaban J connectivity index is 2.39. The molecule has 0 heterocycles. The van der Waals surface area contributed by atoms with Gasteiger partial charge in [-0.2, -0.15) is 0 Å². The van der Waals surface area contributed by atoms with Gasteiger partial charge in [0.1, 0.15) is 6.04 Å². The molecule has 1 amide bonds. The number of amides is 1. The van der Waals surface area contributed by atoms with Gasteiger partial charge in [-0.25, -0.2) is 0 Å². The van der Waals surface area contributed by atoms with Crippen LogP contribution in [0.1, 0.15) is 11.6 Å². The van der Waals surface area contributed by atoms with Crippen molar-refractivity contribution in [2.75, 3.05) is 12.4 Å². The Morgan fingerprint density at radius 3 is 2.57 bits per heavy atom. The van der Waals surface area contributed by atoms with E-state index >= 15 is 0 Å². The molecule has 21 heavy (non-hydrogen) atoms. The molecule has 1 atom stereocenters. The number of nitrogens with one attached hydrogen (secondary N) is 1. The average molecular weight is 351 g/mol. The molecule has 0 aliphatic heterocycles. The minimum atomic E-state index is -0.738. The minimum absolute atomic E-state index is 0.0239. The van der Waals surface area contributed by atoms with Crippen LogP contribution < -0.4 is 15.8 Å². The molecule has 4 N–H and O–H groups in total. The normalized spacial score (nSPS) is 11.7. The van der Waals surface area contributed by atoms with E-state index in [0.717, 1.165) is 5.69 Å². The molecule has 2 aromatic rings. The van der Waals surface area contributed by atoms with Gasteiger partial charge in [-0.1, -0.05) is 18.2 Å². The molecule has 0 aliphatic carbocycles. The number of hydrogen-bond acceptors (Lipinski definition) is 4. The molecule has 0 bridgehead atoms. The fraction of sp³-hybridized carbons (Fsp3) is 0.133. The number of ether oxygens (including phenoxy) is 1. The van der Waals surface area contributed by atoms with E-state index in [1.807, 2.05) is 30.3 Å². The number of hydrogen-bond donors (Lipinski definition) is 3. The Kier molecular flexibility index (Phi) is 4.70. The summed E-state index contributed by atoms with van der Waals surface area (Å²) in [6.07, 6.45) is 0. The number of phenolic OH excluding ortho intramolecular Hbond substituents is 1. The number of phenols is 1. The molecular formula is C15H15BrN2O3. The number of rotatable bonds is 5. The Bertz CT molecular complexity index is 647. The van der Waals surface area contributed by atoms with Gasteiger partial charge in [0.2, 0.25) is 5.91 Å². The summed E-state index contributed by atoms with van der Waals surface area (Å²) in [5.41, 5.74) is 6.83. The maximum absolute atomic E-state index is 11.7. The van der Waals surface area contributed by atoms with Crippen molar-refractivity contribution in [1.82, 2.24) is 0 Å². The third kappa shape index (κ3) is 3.46. The van der Waals surface area contributed by atoms with E-state index in [0.29, 0.717) is 10.0 Å². The van der Waals surface area contributed by atoms with Crippen LogP contribution in [0.4, 0.5) is 5.69 Å². The molecule has 0 spiro atoms. The maximum Gasteiger partial charge on any atom is 0.244 e. The van der Waals surface area contributed by atoms with Gasteiger partial charge in [0.05, 0.1) is 11.6 Å². The van der Waals surface area contributed by atoms with Gasteiger partial charge in [-0.05, 0) is 45.8 Å². The van der Waals surface area contributed by atoms with E-state index in [1.165, 1.54) is 7.11 Å². The summed E-state index contributed by atoms with van der Waals surface area (Å²) in [6, 6.07) is 11.7. The molecule has 0 saturated heterocycles. The van der Waals surface area contributed by atoms with Gasteiger partial charge in [-0.3, -0.25) is 4.79 Å². The average Bonchev–Trinajstić information content (AvgIpc) is 2.48. The van der Waals surface area contributed by atoms with E-state index in [2.05, 4.69) is 21.2 Å². The standard InChI is InChI=1S/C15H15BrN2O3/c1-21-12-8-9(7-11(16)14(12)19)13(15(17)20)18-10-5-3-2-4-6-10/h2-8,13,18-19H,1H3,(H2,17,20). The summed E-state index contributed by atoms with van der Waals surface area (Å²) in [4.78, 5) is 11.7. The van der Waals surface area contributed by atoms with Crippen molar-refractivity contribution in [3.63, 3.8) is 0 Å². The monoisotopic (exact) mass is 350 g/mol. The number of carbonyl (C=O) groups is 1. The third-order valence-corrected chi connectivity index (χ3v) is 3.58. The lowest BCUT2D eigenvalue weighted by atomic mass is 10.0. The van der Waals surface area contributed by atoms with E-state index in [-0.39, 0.29) is 11.5 Å². The maximum atomic E-state index is 11.7. The van der Waals surface area contributed by atoms with Crippen LogP contribution in [0, 0.1) is 0 Å². The highest BCUT2D eigenvalue weighted by atomic mass is 79.9. The fourth-order valence-electron chi connectivity index (χ4n) is 1.94. The summed E-state index contributed by atoms with van der Waals surface area (Å²) in [7, 11) is 1.44. The van der Waals surface area contributed by atoms with Crippen molar-refractivity contribution in [3.05, 3.63) is 52.5 Å². The summed E-state index contributed by atoms with van der Waals surface area (Å²) in [6.45, 7) is 0. The zero-order valence-electron chi connectivity index (χ0n) is 11.3. The van der Waals surface area contributed by atoms with Crippen LogP contribution in [0.3, 0.4) is 0 Å². The summed E-state index contributed by atoms with van der Waals surface area (Å²) < 4.78 is 5.52. The van der Waals surface area contributed by atoms with Gasteiger partial charge in [0, 0.05) is 5.69 Å². The van der Waals surface area contributed by atoms with Crippen LogP contribution in [-0.4, -0.2) is 18.1 Å². The van der Waals surface area contributed by atoms with Crippen LogP contribution in [-0.2, 0) is 4.79 Å². The second kappa shape index (κ2) is 6.49. The number of methoxy groups -OCH3 is 1. The Morgan fingerprint density at radius 2 is 2.00 bits per heavy atom. The molecule has 0 aliphatic rings. The van der Waals surface area contributed by atoms with Crippen molar-refractivity contribution in [1.29, 1.82) is 0 Å². The lowest BCUT2D eigenvalue weighted by Crippen LogP contribution is -2.27. The number of halogens is 1. The van der Waals surface area contributed by atoms with Gasteiger partial charge < -0.3 is 20.9 Å². The highest BCUT2D eigenvalue weighted by Gasteiger charge is 2.21. The van der Waals surface area contributed by atoms with Gasteiger partial charge in [0.15, 0.2) is 11.5 Å². The first-order valence-corrected chi connectivity index (χ1v) is 6.99. The van der Waals surface area contributed by atoms with Gasteiger partial charge >= 0.3 is 0 Å². The third-order valence-electron chi connectivity index (χ3n) is 2.97. The second-order valence-electron chi connectivity index (χ2n) is 4.40. The lowest BCUT2D eigenvalue weighted by Gasteiger charge is -2.19. The summed E-state index contributed by atoms with van der Waals surface area (Å²) in [5.74, 6) is -0.289. The van der Waals surface area contributed by atoms with Crippen LogP contribution >= 0.6 is 15.9 Å². The quantitative estimate of drug-likeness (QED) is 0.773. The summed E-state index contributed by atoms with van der Waals surface area (Å²) in [5, 5.41) is 12.9. The van der Waals surface area contributed by atoms with Crippen molar-refractivity contribution < 1.29 is 14.6 Å². The van der Waals surface area contributed by atoms with Crippen LogP contribution in [0.25, 0.3) is 0 Å².